The van der Waals surface area contributed by atoms with Crippen molar-refractivity contribution in [3.63, 3.8) is 0 Å². The summed E-state index contributed by atoms with van der Waals surface area (Å²) in [4.78, 5) is 0. The van der Waals surface area contributed by atoms with Gasteiger partial charge in [-0.3, -0.25) is 0 Å². The first-order chi connectivity index (χ1) is 9.56. The Balaban J connectivity index is 2.49. The number of methoxy groups -OCH3 is 1. The maximum atomic E-state index is 5.28. The Labute approximate surface area is 142 Å². The molecule has 106 valence electrons. The van der Waals surface area contributed by atoms with Crippen molar-refractivity contribution in [1.29, 1.82) is 0 Å². The molecule has 0 saturated heterocycles. The SMILES string of the molecule is CNC(c1ccc(OC)cc1C)c1cc(Br)ccc1I. The molecule has 0 aliphatic rings. The van der Waals surface area contributed by atoms with Gasteiger partial charge in [0.05, 0.1) is 13.2 Å². The summed E-state index contributed by atoms with van der Waals surface area (Å²) in [5.41, 5.74) is 3.76. The summed E-state index contributed by atoms with van der Waals surface area (Å²) in [7, 11) is 3.69. The Morgan fingerprint density at radius 3 is 2.50 bits per heavy atom. The third kappa shape index (κ3) is 3.35. The molecule has 20 heavy (non-hydrogen) atoms. The summed E-state index contributed by atoms with van der Waals surface area (Å²) in [6.45, 7) is 2.12. The predicted octanol–water partition coefficient (Wildman–Crippen LogP) is 4.68. The number of aryl methyl sites for hydroxylation is 1. The third-order valence-electron chi connectivity index (χ3n) is 3.35. The largest absolute Gasteiger partial charge is 0.497 e. The van der Waals surface area contributed by atoms with E-state index in [4.69, 9.17) is 4.74 Å². The van der Waals surface area contributed by atoms with Gasteiger partial charge in [-0.1, -0.05) is 22.0 Å². The van der Waals surface area contributed by atoms with E-state index in [1.165, 1.54) is 20.3 Å². The summed E-state index contributed by atoms with van der Waals surface area (Å²) >= 11 is 5.94. The molecule has 2 aromatic carbocycles. The van der Waals surface area contributed by atoms with Gasteiger partial charge in [0.15, 0.2) is 0 Å². The van der Waals surface area contributed by atoms with Crippen molar-refractivity contribution in [3.8, 4) is 5.75 Å². The van der Waals surface area contributed by atoms with Crippen molar-refractivity contribution in [2.75, 3.05) is 14.2 Å². The van der Waals surface area contributed by atoms with Crippen LogP contribution in [0.15, 0.2) is 40.9 Å². The predicted molar refractivity (Wildman–Crippen MR) is 95.5 cm³/mol. The summed E-state index contributed by atoms with van der Waals surface area (Å²) in [6.07, 6.45) is 0. The second-order valence-corrected chi connectivity index (χ2v) is 6.69. The van der Waals surface area contributed by atoms with E-state index < -0.39 is 0 Å². The molecular weight excluding hydrogens is 429 g/mol. The number of nitrogens with one attached hydrogen (secondary N) is 1. The van der Waals surface area contributed by atoms with Crippen molar-refractivity contribution in [3.05, 3.63) is 61.1 Å². The maximum absolute atomic E-state index is 5.28. The van der Waals surface area contributed by atoms with Crippen LogP contribution >= 0.6 is 38.5 Å². The van der Waals surface area contributed by atoms with E-state index >= 15 is 0 Å². The first kappa shape index (κ1) is 15.8. The number of halogens is 2. The highest BCUT2D eigenvalue weighted by Crippen LogP contribution is 2.31. The van der Waals surface area contributed by atoms with Crippen molar-refractivity contribution < 1.29 is 4.74 Å². The Bertz CT molecular complexity index is 615. The molecule has 0 spiro atoms. The fourth-order valence-corrected chi connectivity index (χ4v) is 3.34. The average Bonchev–Trinajstić information content (AvgIpc) is 2.44. The zero-order valence-corrected chi connectivity index (χ0v) is 15.4. The molecule has 0 aliphatic carbocycles. The summed E-state index contributed by atoms with van der Waals surface area (Å²) in [6, 6.07) is 12.8. The lowest BCUT2D eigenvalue weighted by Gasteiger charge is -2.21. The Morgan fingerprint density at radius 2 is 1.90 bits per heavy atom. The van der Waals surface area contributed by atoms with E-state index in [0.29, 0.717) is 0 Å². The third-order valence-corrected chi connectivity index (χ3v) is 4.82. The van der Waals surface area contributed by atoms with Gasteiger partial charge in [-0.2, -0.15) is 0 Å². The summed E-state index contributed by atoms with van der Waals surface area (Å²) in [5, 5.41) is 3.41. The summed E-state index contributed by atoms with van der Waals surface area (Å²) < 4.78 is 7.63. The molecule has 1 N–H and O–H groups in total. The first-order valence-corrected chi connectivity index (χ1v) is 8.20. The van der Waals surface area contributed by atoms with Crippen LogP contribution in [-0.2, 0) is 0 Å². The zero-order chi connectivity index (χ0) is 14.7. The number of rotatable bonds is 4. The van der Waals surface area contributed by atoms with Crippen LogP contribution < -0.4 is 10.1 Å². The van der Waals surface area contributed by atoms with Gasteiger partial charge >= 0.3 is 0 Å². The minimum absolute atomic E-state index is 0.172. The Morgan fingerprint density at radius 1 is 1.15 bits per heavy atom. The van der Waals surface area contributed by atoms with Crippen LogP contribution in [0.1, 0.15) is 22.7 Å². The number of hydrogen-bond acceptors (Lipinski definition) is 2. The van der Waals surface area contributed by atoms with Gasteiger partial charge in [-0.05, 0) is 83.6 Å². The van der Waals surface area contributed by atoms with Gasteiger partial charge in [-0.15, -0.1) is 0 Å². The highest BCUT2D eigenvalue weighted by Gasteiger charge is 2.17. The quantitative estimate of drug-likeness (QED) is 0.690. The molecule has 0 heterocycles. The van der Waals surface area contributed by atoms with Crippen LogP contribution in [0, 0.1) is 10.5 Å². The van der Waals surface area contributed by atoms with E-state index in [-0.39, 0.29) is 6.04 Å². The summed E-state index contributed by atoms with van der Waals surface area (Å²) in [5.74, 6) is 0.894. The van der Waals surface area contributed by atoms with Gasteiger partial charge in [0.2, 0.25) is 0 Å². The lowest BCUT2D eigenvalue weighted by molar-refractivity contribution is 0.414. The second-order valence-electron chi connectivity index (χ2n) is 4.61. The minimum atomic E-state index is 0.172. The van der Waals surface area contributed by atoms with Crippen molar-refractivity contribution in [1.82, 2.24) is 5.32 Å². The van der Waals surface area contributed by atoms with Crippen LogP contribution in [0.25, 0.3) is 0 Å². The lowest BCUT2D eigenvalue weighted by Crippen LogP contribution is -2.19. The molecule has 0 aromatic heterocycles. The Kier molecular flexibility index (Phi) is 5.46. The van der Waals surface area contributed by atoms with Gasteiger partial charge in [0.25, 0.3) is 0 Å². The van der Waals surface area contributed by atoms with E-state index in [0.717, 1.165) is 10.2 Å². The maximum Gasteiger partial charge on any atom is 0.119 e. The van der Waals surface area contributed by atoms with Crippen LogP contribution in [0.2, 0.25) is 0 Å². The number of ether oxygens (including phenoxy) is 1. The van der Waals surface area contributed by atoms with Crippen LogP contribution in [0.4, 0.5) is 0 Å². The molecule has 0 saturated carbocycles. The molecule has 0 aliphatic heterocycles. The molecule has 1 atom stereocenters. The Hall–Kier alpha value is -0.590. The smallest absolute Gasteiger partial charge is 0.119 e. The normalized spacial score (nSPS) is 12.2. The average molecular weight is 446 g/mol. The van der Waals surface area contributed by atoms with E-state index in [2.05, 4.69) is 81.1 Å². The van der Waals surface area contributed by atoms with Crippen LogP contribution in [0.5, 0.6) is 5.75 Å². The zero-order valence-electron chi connectivity index (χ0n) is 11.7. The minimum Gasteiger partial charge on any atom is -0.497 e. The second kappa shape index (κ2) is 6.91. The van der Waals surface area contributed by atoms with Crippen LogP contribution in [-0.4, -0.2) is 14.2 Å². The van der Waals surface area contributed by atoms with Gasteiger partial charge in [0.1, 0.15) is 5.75 Å². The highest BCUT2D eigenvalue weighted by atomic mass is 127. The molecule has 1 unspecified atom stereocenters. The van der Waals surface area contributed by atoms with Crippen LogP contribution in [0.3, 0.4) is 0 Å². The highest BCUT2D eigenvalue weighted by molar-refractivity contribution is 14.1. The molecule has 2 rings (SSSR count). The van der Waals surface area contributed by atoms with Crippen molar-refractivity contribution >= 4 is 38.5 Å². The fraction of sp³-hybridized carbons (Fsp3) is 0.250. The number of benzene rings is 2. The van der Waals surface area contributed by atoms with E-state index in [1.54, 1.807) is 7.11 Å². The first-order valence-electron chi connectivity index (χ1n) is 6.33. The molecule has 0 bridgehead atoms. The molecule has 0 amide bonds. The molecule has 2 nitrogen and oxygen atoms in total. The molecule has 0 radical (unpaired) electrons. The standard InChI is InChI=1S/C16H17BrINO/c1-10-8-12(20-3)5-6-13(10)16(19-2)14-9-11(17)4-7-15(14)18/h4-9,16,19H,1-3H3. The molecule has 4 heteroatoms. The van der Waals surface area contributed by atoms with Gasteiger partial charge < -0.3 is 10.1 Å². The lowest BCUT2D eigenvalue weighted by atomic mass is 9.95. The van der Waals surface area contributed by atoms with E-state index in [9.17, 15) is 0 Å². The van der Waals surface area contributed by atoms with Crippen molar-refractivity contribution in [2.45, 2.75) is 13.0 Å². The topological polar surface area (TPSA) is 21.3 Å². The fourth-order valence-electron chi connectivity index (χ4n) is 2.31. The van der Waals surface area contributed by atoms with Crippen molar-refractivity contribution in [2.24, 2.45) is 0 Å². The number of hydrogen-bond donors (Lipinski definition) is 1. The van der Waals surface area contributed by atoms with Gasteiger partial charge in [-0.25, -0.2) is 0 Å². The molecule has 2 aromatic rings. The monoisotopic (exact) mass is 445 g/mol. The molecule has 0 fully saturated rings. The van der Waals surface area contributed by atoms with E-state index in [1.807, 2.05) is 13.1 Å². The van der Waals surface area contributed by atoms with Gasteiger partial charge in [0, 0.05) is 8.04 Å². The molecular formula is C16H17BrINO.